The van der Waals surface area contributed by atoms with Crippen LogP contribution in [0.2, 0.25) is 0 Å². The van der Waals surface area contributed by atoms with Gasteiger partial charge in [-0.3, -0.25) is 14.9 Å². The Morgan fingerprint density at radius 1 is 1.23 bits per heavy atom. The number of methoxy groups -OCH3 is 1. The molecule has 0 radical (unpaired) electrons. The predicted molar refractivity (Wildman–Crippen MR) is 108 cm³/mol. The first-order chi connectivity index (χ1) is 14.4. The SMILES string of the molecule is C=CCNC(=O)/C(C#N)=C/c1ccc(OC(=O)c2ccc([N+](=O)[O-])cc2)c(OC)c1. The number of nitrogens with one attached hydrogen (secondary N) is 1. The summed E-state index contributed by atoms with van der Waals surface area (Å²) < 4.78 is 10.5. The highest BCUT2D eigenvalue weighted by Crippen LogP contribution is 2.30. The van der Waals surface area contributed by atoms with Crippen molar-refractivity contribution in [2.24, 2.45) is 0 Å². The molecule has 0 aliphatic rings. The minimum Gasteiger partial charge on any atom is -0.493 e. The number of amides is 1. The fourth-order valence-corrected chi connectivity index (χ4v) is 2.31. The summed E-state index contributed by atoms with van der Waals surface area (Å²) in [4.78, 5) is 34.4. The molecule has 0 spiro atoms. The molecular formula is C21H17N3O6. The zero-order valence-electron chi connectivity index (χ0n) is 16.0. The lowest BCUT2D eigenvalue weighted by molar-refractivity contribution is -0.384. The largest absolute Gasteiger partial charge is 0.493 e. The maximum absolute atomic E-state index is 12.3. The second-order valence-corrected chi connectivity index (χ2v) is 5.77. The Morgan fingerprint density at radius 2 is 1.93 bits per heavy atom. The van der Waals surface area contributed by atoms with Crippen molar-refractivity contribution in [2.45, 2.75) is 0 Å². The maximum Gasteiger partial charge on any atom is 0.343 e. The van der Waals surface area contributed by atoms with Crippen molar-refractivity contribution in [2.75, 3.05) is 13.7 Å². The Labute approximate surface area is 172 Å². The quantitative estimate of drug-likeness (QED) is 0.135. The minimum atomic E-state index is -0.729. The molecule has 0 aromatic heterocycles. The molecule has 0 fully saturated rings. The third-order valence-corrected chi connectivity index (χ3v) is 3.79. The smallest absolute Gasteiger partial charge is 0.343 e. The van der Waals surface area contributed by atoms with Crippen LogP contribution in [0.5, 0.6) is 11.5 Å². The van der Waals surface area contributed by atoms with Crippen LogP contribution in [0.15, 0.2) is 60.7 Å². The summed E-state index contributed by atoms with van der Waals surface area (Å²) in [6.07, 6.45) is 2.85. The zero-order valence-corrected chi connectivity index (χ0v) is 16.0. The van der Waals surface area contributed by atoms with E-state index in [1.165, 1.54) is 55.7 Å². The molecule has 9 nitrogen and oxygen atoms in total. The third kappa shape index (κ3) is 5.53. The van der Waals surface area contributed by atoms with Gasteiger partial charge in [0, 0.05) is 18.7 Å². The molecular weight excluding hydrogens is 390 g/mol. The number of non-ortho nitro benzene ring substituents is 1. The summed E-state index contributed by atoms with van der Waals surface area (Å²) >= 11 is 0. The van der Waals surface area contributed by atoms with Gasteiger partial charge >= 0.3 is 5.97 Å². The van der Waals surface area contributed by atoms with Gasteiger partial charge in [-0.15, -0.1) is 6.58 Å². The topological polar surface area (TPSA) is 132 Å². The minimum absolute atomic E-state index is 0.104. The van der Waals surface area contributed by atoms with Gasteiger partial charge in [0.15, 0.2) is 11.5 Å². The average Bonchev–Trinajstić information content (AvgIpc) is 2.76. The number of rotatable bonds is 8. The average molecular weight is 407 g/mol. The van der Waals surface area contributed by atoms with Crippen LogP contribution >= 0.6 is 0 Å². The van der Waals surface area contributed by atoms with Gasteiger partial charge in [0.2, 0.25) is 0 Å². The lowest BCUT2D eigenvalue weighted by Crippen LogP contribution is -2.24. The Hall–Kier alpha value is -4.45. The van der Waals surface area contributed by atoms with Crippen LogP contribution in [-0.4, -0.2) is 30.5 Å². The zero-order chi connectivity index (χ0) is 22.1. The molecule has 2 aromatic rings. The lowest BCUT2D eigenvalue weighted by Gasteiger charge is -2.10. The number of hydrogen-bond acceptors (Lipinski definition) is 7. The molecule has 1 amide bonds. The molecule has 0 atom stereocenters. The molecule has 0 heterocycles. The fourth-order valence-electron chi connectivity index (χ4n) is 2.31. The first-order valence-corrected chi connectivity index (χ1v) is 8.55. The highest BCUT2D eigenvalue weighted by Gasteiger charge is 2.15. The summed E-state index contributed by atoms with van der Waals surface area (Å²) in [6.45, 7) is 3.71. The van der Waals surface area contributed by atoms with Crippen molar-refractivity contribution in [1.82, 2.24) is 5.32 Å². The van der Waals surface area contributed by atoms with Crippen LogP contribution in [0.4, 0.5) is 5.69 Å². The van der Waals surface area contributed by atoms with E-state index < -0.39 is 16.8 Å². The van der Waals surface area contributed by atoms with Gasteiger partial charge < -0.3 is 14.8 Å². The monoisotopic (exact) mass is 407 g/mol. The molecule has 30 heavy (non-hydrogen) atoms. The molecule has 0 bridgehead atoms. The molecule has 9 heteroatoms. The number of carbonyl (C=O) groups is 2. The van der Waals surface area contributed by atoms with Crippen molar-refractivity contribution in [3.05, 3.63) is 81.9 Å². The van der Waals surface area contributed by atoms with Gasteiger partial charge in [0.1, 0.15) is 11.6 Å². The number of nitrogens with zero attached hydrogens (tertiary/aromatic N) is 2. The Balaban J connectivity index is 2.22. The molecule has 0 aliphatic carbocycles. The highest BCUT2D eigenvalue weighted by molar-refractivity contribution is 6.01. The second-order valence-electron chi connectivity index (χ2n) is 5.77. The summed E-state index contributed by atoms with van der Waals surface area (Å²) in [5.41, 5.74) is 0.338. The molecule has 152 valence electrons. The second kappa shape index (κ2) is 10.2. The van der Waals surface area contributed by atoms with Gasteiger partial charge in [-0.2, -0.15) is 5.26 Å². The predicted octanol–water partition coefficient (Wildman–Crippen LogP) is 3.03. The van der Waals surface area contributed by atoms with E-state index in [1.807, 2.05) is 6.07 Å². The number of ether oxygens (including phenoxy) is 2. The van der Waals surface area contributed by atoms with Crippen LogP contribution in [0.3, 0.4) is 0 Å². The molecule has 2 aromatic carbocycles. The Bertz CT molecular complexity index is 1050. The van der Waals surface area contributed by atoms with Crippen LogP contribution in [0.1, 0.15) is 15.9 Å². The Kier molecular flexibility index (Phi) is 7.42. The van der Waals surface area contributed by atoms with E-state index in [1.54, 1.807) is 6.07 Å². The normalized spacial score (nSPS) is 10.5. The van der Waals surface area contributed by atoms with Crippen LogP contribution < -0.4 is 14.8 Å². The molecule has 0 saturated carbocycles. The number of nitro benzene ring substituents is 1. The lowest BCUT2D eigenvalue weighted by atomic mass is 10.1. The first-order valence-electron chi connectivity index (χ1n) is 8.55. The number of esters is 1. The van der Waals surface area contributed by atoms with E-state index >= 15 is 0 Å². The summed E-state index contributed by atoms with van der Waals surface area (Å²) in [5.74, 6) is -0.978. The van der Waals surface area contributed by atoms with Gasteiger partial charge in [0.05, 0.1) is 17.6 Å². The molecule has 0 unspecified atom stereocenters. The van der Waals surface area contributed by atoms with Gasteiger partial charge in [-0.05, 0) is 35.9 Å². The number of hydrogen-bond donors (Lipinski definition) is 1. The van der Waals surface area contributed by atoms with Crippen LogP contribution in [0.25, 0.3) is 6.08 Å². The third-order valence-electron chi connectivity index (χ3n) is 3.79. The van der Waals surface area contributed by atoms with Gasteiger partial charge in [0.25, 0.3) is 11.6 Å². The summed E-state index contributed by atoms with van der Waals surface area (Å²) in [5, 5.41) is 22.4. The van der Waals surface area contributed by atoms with Crippen molar-refractivity contribution < 1.29 is 24.0 Å². The number of carbonyl (C=O) groups excluding carboxylic acids is 2. The van der Waals surface area contributed by atoms with E-state index in [2.05, 4.69) is 11.9 Å². The van der Waals surface area contributed by atoms with E-state index in [-0.39, 0.29) is 34.9 Å². The Morgan fingerprint density at radius 3 is 2.50 bits per heavy atom. The van der Waals surface area contributed by atoms with Crippen molar-refractivity contribution in [3.8, 4) is 17.6 Å². The van der Waals surface area contributed by atoms with Crippen molar-refractivity contribution >= 4 is 23.6 Å². The standard InChI is InChI=1S/C21H17N3O6/c1-3-10-23-20(25)16(13-22)11-14-4-9-18(19(12-14)29-2)30-21(26)15-5-7-17(8-6-15)24(27)28/h3-9,11-12H,1,10H2,2H3,(H,23,25)/b16-11+. The maximum atomic E-state index is 12.3. The van der Waals surface area contributed by atoms with Crippen LogP contribution in [0, 0.1) is 21.4 Å². The van der Waals surface area contributed by atoms with E-state index in [9.17, 15) is 25.0 Å². The highest BCUT2D eigenvalue weighted by atomic mass is 16.6. The van der Waals surface area contributed by atoms with Crippen molar-refractivity contribution in [3.63, 3.8) is 0 Å². The van der Waals surface area contributed by atoms with Gasteiger partial charge in [-0.25, -0.2) is 4.79 Å². The molecule has 2 rings (SSSR count). The van der Waals surface area contributed by atoms with E-state index in [0.29, 0.717) is 5.56 Å². The number of nitro groups is 1. The van der Waals surface area contributed by atoms with E-state index in [4.69, 9.17) is 9.47 Å². The number of nitriles is 1. The summed E-state index contributed by atoms with van der Waals surface area (Å²) in [6, 6.07) is 11.3. The molecule has 0 aliphatic heterocycles. The first kappa shape index (κ1) is 21.8. The van der Waals surface area contributed by atoms with Gasteiger partial charge in [-0.1, -0.05) is 12.1 Å². The summed E-state index contributed by atoms with van der Waals surface area (Å²) in [7, 11) is 1.37. The fraction of sp³-hybridized carbons (Fsp3) is 0.0952. The number of benzene rings is 2. The molecule has 0 saturated heterocycles. The van der Waals surface area contributed by atoms with E-state index in [0.717, 1.165) is 0 Å². The van der Waals surface area contributed by atoms with Crippen molar-refractivity contribution in [1.29, 1.82) is 5.26 Å². The van der Waals surface area contributed by atoms with Crippen LogP contribution in [-0.2, 0) is 4.79 Å². The molecule has 1 N–H and O–H groups in total.